The normalized spacial score (nSPS) is 24.5. The number of amides is 1. The molecule has 2 unspecified atom stereocenters. The van der Waals surface area contributed by atoms with Crippen molar-refractivity contribution in [1.29, 1.82) is 0 Å². The number of likely N-dealkylation sites (tertiary alicyclic amines) is 1. The summed E-state index contributed by atoms with van der Waals surface area (Å²) in [4.78, 5) is 24.6. The number of nitrogens with zero attached hydrogens (tertiary/aromatic N) is 1. The highest BCUT2D eigenvalue weighted by Gasteiger charge is 2.36. The first-order valence-corrected chi connectivity index (χ1v) is 8.32. The number of sulfone groups is 1. The molecule has 0 aromatic rings. The summed E-state index contributed by atoms with van der Waals surface area (Å²) in [5.41, 5.74) is 0. The van der Waals surface area contributed by atoms with Crippen LogP contribution in [0.1, 0.15) is 34.1 Å². The molecule has 1 amide bonds. The largest absolute Gasteiger partial charge is 0.481 e. The van der Waals surface area contributed by atoms with E-state index in [0.29, 0.717) is 13.0 Å². The zero-order chi connectivity index (χ0) is 15.7. The van der Waals surface area contributed by atoms with Gasteiger partial charge in [-0.3, -0.25) is 9.59 Å². The molecule has 0 radical (unpaired) electrons. The summed E-state index contributed by atoms with van der Waals surface area (Å²) in [7, 11) is -3.54. The predicted molar refractivity (Wildman–Crippen MR) is 75.0 cm³/mol. The van der Waals surface area contributed by atoms with Crippen LogP contribution in [0, 0.1) is 11.8 Å². The Morgan fingerprint density at radius 3 is 2.25 bits per heavy atom. The van der Waals surface area contributed by atoms with Gasteiger partial charge in [0.1, 0.15) is 5.75 Å². The third kappa shape index (κ3) is 3.94. The number of rotatable bonds is 3. The summed E-state index contributed by atoms with van der Waals surface area (Å²) in [6.45, 7) is 7.03. The van der Waals surface area contributed by atoms with E-state index in [0.717, 1.165) is 0 Å². The Hall–Kier alpha value is -1.11. The molecule has 1 saturated heterocycles. The van der Waals surface area contributed by atoms with Gasteiger partial charge in [-0.25, -0.2) is 8.42 Å². The number of carboxylic acid groups (broad SMARTS) is 1. The highest BCUT2D eigenvalue weighted by molar-refractivity contribution is 7.93. The summed E-state index contributed by atoms with van der Waals surface area (Å²) in [5, 5.41) is 9.06. The fraction of sp³-hybridized carbons (Fsp3) is 0.846. The molecule has 1 heterocycles. The molecule has 116 valence electrons. The quantitative estimate of drug-likeness (QED) is 0.831. The van der Waals surface area contributed by atoms with Crippen LogP contribution >= 0.6 is 0 Å². The van der Waals surface area contributed by atoms with Gasteiger partial charge in [0.25, 0.3) is 0 Å². The first-order valence-electron chi connectivity index (χ1n) is 6.67. The van der Waals surface area contributed by atoms with Gasteiger partial charge in [0.05, 0.1) is 10.7 Å². The van der Waals surface area contributed by atoms with Crippen LogP contribution in [0.2, 0.25) is 0 Å². The van der Waals surface area contributed by atoms with Crippen molar-refractivity contribution >= 4 is 21.7 Å². The fourth-order valence-corrected chi connectivity index (χ4v) is 3.15. The Morgan fingerprint density at radius 1 is 1.25 bits per heavy atom. The molecule has 0 aliphatic carbocycles. The van der Waals surface area contributed by atoms with Gasteiger partial charge in [-0.05, 0) is 33.1 Å². The highest BCUT2D eigenvalue weighted by atomic mass is 32.2. The zero-order valence-corrected chi connectivity index (χ0v) is 13.2. The summed E-state index contributed by atoms with van der Waals surface area (Å²) < 4.78 is 23.1. The van der Waals surface area contributed by atoms with E-state index in [-0.39, 0.29) is 12.5 Å². The molecule has 20 heavy (non-hydrogen) atoms. The number of aliphatic carboxylic acids is 1. The van der Waals surface area contributed by atoms with Crippen molar-refractivity contribution in [2.24, 2.45) is 11.8 Å². The third-order valence-corrected chi connectivity index (χ3v) is 6.10. The maximum absolute atomic E-state index is 12.1. The van der Waals surface area contributed by atoms with Crippen molar-refractivity contribution in [1.82, 2.24) is 4.90 Å². The molecule has 1 aliphatic heterocycles. The van der Waals surface area contributed by atoms with Crippen molar-refractivity contribution < 1.29 is 23.1 Å². The Bertz CT molecular complexity index is 491. The Kier molecular flexibility index (Phi) is 4.84. The number of piperidine rings is 1. The van der Waals surface area contributed by atoms with Crippen LogP contribution in [0.3, 0.4) is 0 Å². The van der Waals surface area contributed by atoms with E-state index in [1.54, 1.807) is 20.8 Å². The number of hydrogen-bond acceptors (Lipinski definition) is 4. The Morgan fingerprint density at radius 2 is 1.80 bits per heavy atom. The van der Waals surface area contributed by atoms with Gasteiger partial charge in [0.15, 0.2) is 9.84 Å². The molecule has 0 saturated carbocycles. The molecule has 0 aromatic carbocycles. The lowest BCUT2D eigenvalue weighted by Gasteiger charge is -2.35. The van der Waals surface area contributed by atoms with E-state index in [1.165, 1.54) is 4.90 Å². The molecule has 7 heteroatoms. The highest BCUT2D eigenvalue weighted by Crippen LogP contribution is 2.23. The summed E-state index contributed by atoms with van der Waals surface area (Å²) in [5.74, 6) is -2.55. The van der Waals surface area contributed by atoms with Crippen LogP contribution in [0.25, 0.3) is 0 Å². The SMILES string of the molecule is CC1CC(C(=O)O)CN(C(=O)CS(=O)(=O)C(C)(C)C)C1. The molecule has 1 aliphatic rings. The molecule has 0 spiro atoms. The zero-order valence-electron chi connectivity index (χ0n) is 12.4. The number of carbonyl (C=O) groups excluding carboxylic acids is 1. The molecule has 1 rings (SSSR count). The van der Waals surface area contributed by atoms with E-state index in [2.05, 4.69) is 0 Å². The van der Waals surface area contributed by atoms with Crippen molar-refractivity contribution in [3.8, 4) is 0 Å². The molecule has 2 atom stereocenters. The molecule has 6 nitrogen and oxygen atoms in total. The topological polar surface area (TPSA) is 91.8 Å². The van der Waals surface area contributed by atoms with E-state index >= 15 is 0 Å². The van der Waals surface area contributed by atoms with Crippen LogP contribution in [0.15, 0.2) is 0 Å². The second-order valence-electron chi connectivity index (χ2n) is 6.55. The molecular formula is C13H23NO5S. The molecular weight excluding hydrogens is 282 g/mol. The Balaban J connectivity index is 2.80. The second-order valence-corrected chi connectivity index (χ2v) is 9.29. The second kappa shape index (κ2) is 5.71. The monoisotopic (exact) mass is 305 g/mol. The molecule has 1 N–H and O–H groups in total. The summed E-state index contributed by atoms with van der Waals surface area (Å²) in [6, 6.07) is 0. The van der Waals surface area contributed by atoms with Crippen molar-refractivity contribution in [3.05, 3.63) is 0 Å². The number of hydrogen-bond donors (Lipinski definition) is 1. The smallest absolute Gasteiger partial charge is 0.308 e. The van der Waals surface area contributed by atoms with E-state index in [1.807, 2.05) is 6.92 Å². The fourth-order valence-electron chi connectivity index (χ4n) is 2.20. The van der Waals surface area contributed by atoms with E-state index in [4.69, 9.17) is 5.11 Å². The van der Waals surface area contributed by atoms with Crippen LogP contribution in [0.4, 0.5) is 0 Å². The average Bonchev–Trinajstić information content (AvgIpc) is 2.25. The first kappa shape index (κ1) is 16.9. The van der Waals surface area contributed by atoms with Crippen molar-refractivity contribution in [2.75, 3.05) is 18.8 Å². The van der Waals surface area contributed by atoms with Crippen molar-refractivity contribution in [2.45, 2.75) is 38.9 Å². The first-order chi connectivity index (χ1) is 8.94. The van der Waals surface area contributed by atoms with Gasteiger partial charge >= 0.3 is 5.97 Å². The van der Waals surface area contributed by atoms with Crippen molar-refractivity contribution in [3.63, 3.8) is 0 Å². The lowest BCUT2D eigenvalue weighted by molar-refractivity contribution is -0.146. The van der Waals surface area contributed by atoms with Gasteiger partial charge < -0.3 is 10.0 Å². The lowest BCUT2D eigenvalue weighted by atomic mass is 9.90. The predicted octanol–water partition coefficient (Wildman–Crippen LogP) is 0.769. The van der Waals surface area contributed by atoms with Gasteiger partial charge in [-0.15, -0.1) is 0 Å². The molecule has 1 fully saturated rings. The lowest BCUT2D eigenvalue weighted by Crippen LogP contribution is -2.48. The molecule has 0 bridgehead atoms. The summed E-state index contributed by atoms with van der Waals surface area (Å²) >= 11 is 0. The van der Waals surface area contributed by atoms with Gasteiger partial charge in [-0.1, -0.05) is 6.92 Å². The minimum absolute atomic E-state index is 0.0612. The van der Waals surface area contributed by atoms with Gasteiger partial charge in [-0.2, -0.15) is 0 Å². The minimum Gasteiger partial charge on any atom is -0.481 e. The van der Waals surface area contributed by atoms with Crippen LogP contribution in [-0.2, 0) is 19.4 Å². The maximum Gasteiger partial charge on any atom is 0.308 e. The summed E-state index contributed by atoms with van der Waals surface area (Å²) in [6.07, 6.45) is 0.519. The van der Waals surface area contributed by atoms with Crippen LogP contribution < -0.4 is 0 Å². The molecule has 0 aromatic heterocycles. The number of carboxylic acids is 1. The van der Waals surface area contributed by atoms with Gasteiger partial charge in [0, 0.05) is 13.1 Å². The van der Waals surface area contributed by atoms with E-state index in [9.17, 15) is 18.0 Å². The van der Waals surface area contributed by atoms with Crippen LogP contribution in [-0.4, -0.2) is 53.9 Å². The Labute approximate surface area is 120 Å². The van der Waals surface area contributed by atoms with E-state index < -0.39 is 38.1 Å². The van der Waals surface area contributed by atoms with Crippen LogP contribution in [0.5, 0.6) is 0 Å². The number of carbonyl (C=O) groups is 2. The van der Waals surface area contributed by atoms with Gasteiger partial charge in [0.2, 0.25) is 5.91 Å². The third-order valence-electron chi connectivity index (χ3n) is 3.61. The average molecular weight is 305 g/mol. The minimum atomic E-state index is -3.54. The maximum atomic E-state index is 12.1. The standard InChI is InChI=1S/C13H23NO5S/c1-9-5-10(12(16)17)7-14(6-9)11(15)8-20(18,19)13(2,3)4/h9-10H,5-8H2,1-4H3,(H,16,17).